The van der Waals surface area contributed by atoms with E-state index in [1.165, 1.54) is 103 Å². The van der Waals surface area contributed by atoms with Crippen molar-refractivity contribution in [3.8, 4) is 33.4 Å². The van der Waals surface area contributed by atoms with Crippen molar-refractivity contribution in [2.24, 2.45) is 0 Å². The van der Waals surface area contributed by atoms with Crippen LogP contribution in [0.5, 0.6) is 0 Å². The van der Waals surface area contributed by atoms with Gasteiger partial charge in [-0.1, -0.05) is 149 Å². The molecular weight excluding hydrogens is 719 g/mol. The summed E-state index contributed by atoms with van der Waals surface area (Å²) in [6, 6.07) is 66.3. The fourth-order valence-corrected chi connectivity index (χ4v) is 11.6. The Morgan fingerprint density at radius 1 is 0.362 bits per heavy atom. The second-order valence-corrected chi connectivity index (χ2v) is 18.4. The van der Waals surface area contributed by atoms with E-state index in [0.29, 0.717) is 0 Å². The van der Waals surface area contributed by atoms with Crippen LogP contribution < -0.4 is 4.90 Å². The second kappa shape index (κ2) is 12.0. The van der Waals surface area contributed by atoms with Gasteiger partial charge in [0, 0.05) is 48.1 Å². The Hall–Kier alpha value is -6.48. The highest BCUT2D eigenvalue weighted by molar-refractivity contribution is 7.25. The molecule has 9 aromatic carbocycles. The summed E-state index contributed by atoms with van der Waals surface area (Å²) in [6.45, 7) is 9.45. The molecule has 0 aliphatic heterocycles. The van der Waals surface area contributed by atoms with E-state index in [-0.39, 0.29) is 10.8 Å². The molecule has 58 heavy (non-hydrogen) atoms. The number of benzene rings is 9. The van der Waals surface area contributed by atoms with Crippen molar-refractivity contribution in [3.05, 3.63) is 198 Å². The minimum Gasteiger partial charge on any atom is -0.310 e. The van der Waals surface area contributed by atoms with Crippen molar-refractivity contribution in [2.75, 3.05) is 4.90 Å². The summed E-state index contributed by atoms with van der Waals surface area (Å²) >= 11 is 1.89. The Labute approximate surface area is 343 Å². The lowest BCUT2D eigenvalue weighted by Crippen LogP contribution is -2.17. The molecule has 2 aliphatic carbocycles. The van der Waals surface area contributed by atoms with Crippen LogP contribution in [-0.4, -0.2) is 0 Å². The largest absolute Gasteiger partial charge is 0.310 e. The molecule has 2 heteroatoms. The van der Waals surface area contributed by atoms with E-state index < -0.39 is 0 Å². The topological polar surface area (TPSA) is 3.24 Å². The summed E-state index contributed by atoms with van der Waals surface area (Å²) in [5.41, 5.74) is 16.7. The number of nitrogens with zero attached hydrogens (tertiary/aromatic N) is 1. The van der Waals surface area contributed by atoms with Crippen molar-refractivity contribution in [2.45, 2.75) is 38.5 Å². The van der Waals surface area contributed by atoms with Gasteiger partial charge in [0.1, 0.15) is 0 Å². The maximum Gasteiger partial charge on any atom is 0.0468 e. The van der Waals surface area contributed by atoms with Gasteiger partial charge < -0.3 is 4.90 Å². The minimum atomic E-state index is -0.100. The maximum atomic E-state index is 2.47. The van der Waals surface area contributed by atoms with Crippen molar-refractivity contribution >= 4 is 70.1 Å². The van der Waals surface area contributed by atoms with E-state index in [1.807, 2.05) is 11.3 Å². The fraction of sp³-hybridized carbons (Fsp3) is 0.107. The van der Waals surface area contributed by atoms with Crippen LogP contribution in [0.3, 0.4) is 0 Å². The third-order valence-electron chi connectivity index (χ3n) is 13.4. The van der Waals surface area contributed by atoms with Crippen LogP contribution in [0.4, 0.5) is 17.1 Å². The number of thiophene rings is 1. The zero-order chi connectivity index (χ0) is 38.9. The van der Waals surface area contributed by atoms with E-state index in [2.05, 4.69) is 209 Å². The van der Waals surface area contributed by atoms with Crippen LogP contribution in [0.25, 0.3) is 75.1 Å². The summed E-state index contributed by atoms with van der Waals surface area (Å²) < 4.78 is 2.67. The number of anilines is 3. The molecule has 0 spiro atoms. The molecule has 1 nitrogen and oxygen atoms in total. The lowest BCUT2D eigenvalue weighted by Gasteiger charge is -2.29. The molecule has 0 bridgehead atoms. The summed E-state index contributed by atoms with van der Waals surface area (Å²) in [4.78, 5) is 2.47. The van der Waals surface area contributed by atoms with Crippen LogP contribution in [-0.2, 0) is 10.8 Å². The van der Waals surface area contributed by atoms with Crippen molar-refractivity contribution < 1.29 is 0 Å². The predicted molar refractivity (Wildman–Crippen MR) is 250 cm³/mol. The number of rotatable bonds is 4. The maximum absolute atomic E-state index is 2.47. The van der Waals surface area contributed by atoms with Gasteiger partial charge in [0.2, 0.25) is 0 Å². The highest BCUT2D eigenvalue weighted by atomic mass is 32.1. The van der Waals surface area contributed by atoms with Gasteiger partial charge >= 0.3 is 0 Å². The third-order valence-corrected chi connectivity index (χ3v) is 14.6. The van der Waals surface area contributed by atoms with Gasteiger partial charge in [0.25, 0.3) is 0 Å². The highest BCUT2D eigenvalue weighted by Gasteiger charge is 2.37. The summed E-state index contributed by atoms with van der Waals surface area (Å²) in [6.07, 6.45) is 0. The highest BCUT2D eigenvalue weighted by Crippen LogP contribution is 2.53. The van der Waals surface area contributed by atoms with E-state index in [4.69, 9.17) is 0 Å². The molecule has 276 valence electrons. The standard InChI is InChI=1S/C56H41NS/c1-55(2)49-18-9-6-14-42(49)46-31-38(27-29-50(46)55)57(39-26-28-43-41-13-5-8-17-48(41)56(3,4)51(43)32-39)37-24-22-34(23-25-37)40-16-11-12-35-20-21-36-30-47-44-15-7-10-19-52(44)58-53(47)33-45(36)54(35)40/h5-33H,1-4H3. The molecule has 1 aromatic heterocycles. The zero-order valence-electron chi connectivity index (χ0n) is 33.1. The predicted octanol–water partition coefficient (Wildman–Crippen LogP) is 16.1. The smallest absolute Gasteiger partial charge is 0.0468 e. The summed E-state index contributed by atoms with van der Waals surface area (Å²) in [7, 11) is 0. The molecule has 0 radical (unpaired) electrons. The number of hydrogen-bond acceptors (Lipinski definition) is 2. The second-order valence-electron chi connectivity index (χ2n) is 17.3. The van der Waals surface area contributed by atoms with Crippen molar-refractivity contribution in [1.82, 2.24) is 0 Å². The van der Waals surface area contributed by atoms with Crippen LogP contribution >= 0.6 is 11.3 Å². The first-order chi connectivity index (χ1) is 28.3. The molecule has 0 fully saturated rings. The Balaban J connectivity index is 1.02. The molecule has 2 aliphatic rings. The zero-order valence-corrected chi connectivity index (χ0v) is 33.9. The monoisotopic (exact) mass is 759 g/mol. The molecule has 0 saturated heterocycles. The van der Waals surface area contributed by atoms with E-state index in [0.717, 1.165) is 11.4 Å². The van der Waals surface area contributed by atoms with Crippen LogP contribution in [0.2, 0.25) is 0 Å². The molecule has 12 rings (SSSR count). The van der Waals surface area contributed by atoms with E-state index in [9.17, 15) is 0 Å². The third kappa shape index (κ3) is 4.70. The number of fused-ring (bicyclic) bond motifs is 12. The van der Waals surface area contributed by atoms with E-state index in [1.54, 1.807) is 0 Å². The SMILES string of the molecule is CC1(C)c2ccccc2-c2cc(N(c3ccc(-c4cccc5ccc6cc7c(cc6c45)sc4ccccc47)cc3)c3ccc4c(c3)C(C)(C)c3ccccc3-4)ccc21. The molecular formula is C56H41NS. The Bertz CT molecular complexity index is 3340. The molecule has 1 heterocycles. The Kier molecular flexibility index (Phi) is 6.97. The van der Waals surface area contributed by atoms with Gasteiger partial charge in [0.05, 0.1) is 0 Å². The Morgan fingerprint density at radius 2 is 0.966 bits per heavy atom. The fourth-order valence-electron chi connectivity index (χ4n) is 10.5. The summed E-state index contributed by atoms with van der Waals surface area (Å²) in [5.74, 6) is 0. The van der Waals surface area contributed by atoms with Crippen LogP contribution in [0, 0.1) is 0 Å². The molecule has 0 N–H and O–H groups in total. The molecule has 0 amide bonds. The quantitative estimate of drug-likeness (QED) is 0.162. The first kappa shape index (κ1) is 33.6. The lowest BCUT2D eigenvalue weighted by atomic mass is 9.82. The van der Waals surface area contributed by atoms with Gasteiger partial charge in [-0.2, -0.15) is 0 Å². The average molecular weight is 760 g/mol. The van der Waals surface area contributed by atoms with Crippen LogP contribution in [0.15, 0.2) is 176 Å². The first-order valence-corrected chi connectivity index (χ1v) is 21.2. The van der Waals surface area contributed by atoms with Gasteiger partial charge in [-0.3, -0.25) is 0 Å². The van der Waals surface area contributed by atoms with Gasteiger partial charge in [-0.25, -0.2) is 0 Å². The number of hydrogen-bond donors (Lipinski definition) is 0. The summed E-state index contributed by atoms with van der Waals surface area (Å²) in [5, 5.41) is 7.84. The van der Waals surface area contributed by atoms with Gasteiger partial charge in [-0.15, -0.1) is 11.3 Å². The Morgan fingerprint density at radius 3 is 1.78 bits per heavy atom. The van der Waals surface area contributed by atoms with Crippen molar-refractivity contribution in [1.29, 1.82) is 0 Å². The van der Waals surface area contributed by atoms with Gasteiger partial charge in [0.15, 0.2) is 0 Å². The first-order valence-electron chi connectivity index (χ1n) is 20.4. The normalized spacial score (nSPS) is 14.5. The lowest BCUT2D eigenvalue weighted by molar-refractivity contribution is 0.660. The molecule has 0 unspecified atom stereocenters. The van der Waals surface area contributed by atoms with Crippen molar-refractivity contribution in [3.63, 3.8) is 0 Å². The minimum absolute atomic E-state index is 0.0499. The average Bonchev–Trinajstić information content (AvgIpc) is 3.82. The van der Waals surface area contributed by atoms with Crippen LogP contribution in [0.1, 0.15) is 49.9 Å². The molecule has 0 saturated carbocycles. The van der Waals surface area contributed by atoms with Gasteiger partial charge in [-0.05, 0) is 132 Å². The van der Waals surface area contributed by atoms with E-state index >= 15 is 0 Å². The molecule has 10 aromatic rings. The molecule has 0 atom stereocenters.